The average molecular weight is 445 g/mol. The Morgan fingerprint density at radius 1 is 1.06 bits per heavy atom. The SMILES string of the molecule is CCC1Oc2ccc(NC(=O)Cc3ccccc3)cc2CN(CCOc2ccccc2)C1=O. The van der Waals surface area contributed by atoms with Crippen LogP contribution in [0.15, 0.2) is 78.9 Å². The van der Waals surface area contributed by atoms with Crippen molar-refractivity contribution in [2.45, 2.75) is 32.4 Å². The molecule has 1 N–H and O–H groups in total. The van der Waals surface area contributed by atoms with Crippen molar-refractivity contribution in [3.05, 3.63) is 90.0 Å². The zero-order valence-corrected chi connectivity index (χ0v) is 18.7. The number of carbonyl (C=O) groups is 2. The molecule has 4 rings (SSSR count). The zero-order chi connectivity index (χ0) is 23.0. The lowest BCUT2D eigenvalue weighted by atomic mass is 10.1. The minimum absolute atomic E-state index is 0.0555. The maximum atomic E-state index is 13.0. The standard InChI is InChI=1S/C27H28N2O4/c1-2-24-27(31)29(15-16-32-23-11-7-4-8-12-23)19-21-18-22(13-14-25(21)33-24)28-26(30)17-20-9-5-3-6-10-20/h3-14,18,24H,2,15-17,19H2,1H3,(H,28,30). The molecule has 0 aromatic heterocycles. The molecule has 6 heteroatoms. The Morgan fingerprint density at radius 2 is 1.79 bits per heavy atom. The molecule has 1 atom stereocenters. The summed E-state index contributed by atoms with van der Waals surface area (Å²) in [5.74, 6) is 1.29. The summed E-state index contributed by atoms with van der Waals surface area (Å²) in [6, 6.07) is 24.7. The van der Waals surface area contributed by atoms with E-state index < -0.39 is 6.10 Å². The van der Waals surface area contributed by atoms with Gasteiger partial charge in [-0.05, 0) is 42.3 Å². The Bertz CT molecular complexity index is 1090. The van der Waals surface area contributed by atoms with Crippen molar-refractivity contribution in [3.8, 4) is 11.5 Å². The second kappa shape index (κ2) is 10.7. The van der Waals surface area contributed by atoms with Crippen molar-refractivity contribution < 1.29 is 19.1 Å². The summed E-state index contributed by atoms with van der Waals surface area (Å²) < 4.78 is 11.8. The van der Waals surface area contributed by atoms with E-state index in [0.717, 1.165) is 16.9 Å². The lowest BCUT2D eigenvalue weighted by Gasteiger charge is -2.23. The van der Waals surface area contributed by atoms with Gasteiger partial charge in [0.1, 0.15) is 18.1 Å². The van der Waals surface area contributed by atoms with Crippen molar-refractivity contribution in [2.75, 3.05) is 18.5 Å². The van der Waals surface area contributed by atoms with E-state index in [0.29, 0.717) is 44.0 Å². The van der Waals surface area contributed by atoms with Gasteiger partial charge < -0.3 is 19.7 Å². The lowest BCUT2D eigenvalue weighted by molar-refractivity contribution is -0.138. The van der Waals surface area contributed by atoms with E-state index in [4.69, 9.17) is 9.47 Å². The van der Waals surface area contributed by atoms with Crippen molar-refractivity contribution >= 4 is 17.5 Å². The maximum Gasteiger partial charge on any atom is 0.264 e. The van der Waals surface area contributed by atoms with Gasteiger partial charge in [-0.1, -0.05) is 55.5 Å². The smallest absolute Gasteiger partial charge is 0.264 e. The number of para-hydroxylation sites is 1. The Morgan fingerprint density at radius 3 is 2.52 bits per heavy atom. The first-order chi connectivity index (χ1) is 16.1. The highest BCUT2D eigenvalue weighted by molar-refractivity contribution is 5.92. The van der Waals surface area contributed by atoms with Crippen LogP contribution in [0.1, 0.15) is 24.5 Å². The second-order valence-electron chi connectivity index (χ2n) is 7.97. The van der Waals surface area contributed by atoms with Gasteiger partial charge in [-0.15, -0.1) is 0 Å². The monoisotopic (exact) mass is 444 g/mol. The first kappa shape index (κ1) is 22.4. The summed E-state index contributed by atoms with van der Waals surface area (Å²) in [6.07, 6.45) is 0.332. The van der Waals surface area contributed by atoms with Crippen LogP contribution in [0.4, 0.5) is 5.69 Å². The van der Waals surface area contributed by atoms with E-state index >= 15 is 0 Å². The first-order valence-electron chi connectivity index (χ1n) is 11.2. The molecule has 0 spiro atoms. The van der Waals surface area contributed by atoms with Crippen LogP contribution >= 0.6 is 0 Å². The van der Waals surface area contributed by atoms with E-state index in [1.54, 1.807) is 4.90 Å². The number of benzene rings is 3. The molecule has 6 nitrogen and oxygen atoms in total. The van der Waals surface area contributed by atoms with Gasteiger partial charge in [0.25, 0.3) is 5.91 Å². The number of nitrogens with one attached hydrogen (secondary N) is 1. The van der Waals surface area contributed by atoms with E-state index in [2.05, 4.69) is 5.32 Å². The molecule has 33 heavy (non-hydrogen) atoms. The highest BCUT2D eigenvalue weighted by Crippen LogP contribution is 2.29. The average Bonchev–Trinajstić information content (AvgIpc) is 2.96. The molecule has 0 radical (unpaired) electrons. The fourth-order valence-electron chi connectivity index (χ4n) is 3.81. The van der Waals surface area contributed by atoms with Crippen LogP contribution in [0.2, 0.25) is 0 Å². The third kappa shape index (κ3) is 5.92. The van der Waals surface area contributed by atoms with Gasteiger partial charge in [0.05, 0.1) is 13.0 Å². The van der Waals surface area contributed by atoms with Gasteiger partial charge in [-0.25, -0.2) is 0 Å². The molecule has 3 aromatic carbocycles. The minimum atomic E-state index is -0.540. The number of rotatable bonds is 8. The highest BCUT2D eigenvalue weighted by atomic mass is 16.5. The molecule has 0 bridgehead atoms. The molecule has 1 aliphatic rings. The van der Waals surface area contributed by atoms with E-state index in [9.17, 15) is 9.59 Å². The largest absolute Gasteiger partial charge is 0.492 e. The molecule has 0 aliphatic carbocycles. The predicted molar refractivity (Wildman–Crippen MR) is 127 cm³/mol. The second-order valence-corrected chi connectivity index (χ2v) is 7.97. The van der Waals surface area contributed by atoms with Crippen molar-refractivity contribution in [1.29, 1.82) is 0 Å². The Kier molecular flexibility index (Phi) is 7.25. The van der Waals surface area contributed by atoms with Crippen molar-refractivity contribution in [3.63, 3.8) is 0 Å². The van der Waals surface area contributed by atoms with Crippen LogP contribution in [0.3, 0.4) is 0 Å². The molecule has 170 valence electrons. The fraction of sp³-hybridized carbons (Fsp3) is 0.259. The van der Waals surface area contributed by atoms with Crippen molar-refractivity contribution in [1.82, 2.24) is 4.90 Å². The summed E-state index contributed by atoms with van der Waals surface area (Å²) in [5, 5.41) is 2.95. The van der Waals surface area contributed by atoms with Gasteiger partial charge in [-0.2, -0.15) is 0 Å². The number of nitrogens with zero attached hydrogens (tertiary/aromatic N) is 1. The van der Waals surface area contributed by atoms with Crippen molar-refractivity contribution in [2.24, 2.45) is 0 Å². The summed E-state index contributed by atoms with van der Waals surface area (Å²) in [6.45, 7) is 3.15. The number of amides is 2. The Balaban J connectivity index is 1.45. The molecular formula is C27H28N2O4. The number of ether oxygens (including phenoxy) is 2. The number of anilines is 1. The molecule has 3 aromatic rings. The van der Waals surface area contributed by atoms with Crippen LogP contribution in [-0.4, -0.2) is 36.0 Å². The third-order valence-corrected chi connectivity index (χ3v) is 5.51. The topological polar surface area (TPSA) is 67.9 Å². The number of hydrogen-bond acceptors (Lipinski definition) is 4. The van der Waals surface area contributed by atoms with Crippen LogP contribution in [0, 0.1) is 0 Å². The van der Waals surface area contributed by atoms with Gasteiger partial charge in [0.2, 0.25) is 5.91 Å². The molecule has 0 saturated carbocycles. The Hall–Kier alpha value is -3.80. The Labute approximate surface area is 194 Å². The zero-order valence-electron chi connectivity index (χ0n) is 18.7. The van der Waals surface area contributed by atoms with E-state index in [-0.39, 0.29) is 11.8 Å². The van der Waals surface area contributed by atoms with Gasteiger partial charge in [-0.3, -0.25) is 9.59 Å². The summed E-state index contributed by atoms with van der Waals surface area (Å²) in [4.78, 5) is 27.3. The number of fused-ring (bicyclic) bond motifs is 1. The molecule has 1 aliphatic heterocycles. The normalized spacial score (nSPS) is 15.2. The molecule has 1 unspecified atom stereocenters. The van der Waals surface area contributed by atoms with Crippen LogP contribution in [0.25, 0.3) is 0 Å². The van der Waals surface area contributed by atoms with Crippen LogP contribution < -0.4 is 14.8 Å². The molecule has 2 amide bonds. The van der Waals surface area contributed by atoms with Crippen LogP contribution in [-0.2, 0) is 22.6 Å². The van der Waals surface area contributed by atoms with E-state index in [1.165, 1.54) is 0 Å². The predicted octanol–water partition coefficient (Wildman–Crippen LogP) is 4.45. The lowest BCUT2D eigenvalue weighted by Crippen LogP contribution is -2.41. The van der Waals surface area contributed by atoms with Gasteiger partial charge in [0, 0.05) is 17.8 Å². The molecule has 1 heterocycles. The minimum Gasteiger partial charge on any atom is -0.492 e. The summed E-state index contributed by atoms with van der Waals surface area (Å²) in [7, 11) is 0. The van der Waals surface area contributed by atoms with Gasteiger partial charge in [0.15, 0.2) is 6.10 Å². The van der Waals surface area contributed by atoms with E-state index in [1.807, 2.05) is 85.8 Å². The first-order valence-corrected chi connectivity index (χ1v) is 11.2. The van der Waals surface area contributed by atoms with Crippen LogP contribution in [0.5, 0.6) is 11.5 Å². The molecule has 0 saturated heterocycles. The molecular weight excluding hydrogens is 416 g/mol. The third-order valence-electron chi connectivity index (χ3n) is 5.51. The fourth-order valence-corrected chi connectivity index (χ4v) is 3.81. The quantitative estimate of drug-likeness (QED) is 0.558. The number of carbonyl (C=O) groups excluding carboxylic acids is 2. The number of hydrogen-bond donors (Lipinski definition) is 1. The summed E-state index contributed by atoms with van der Waals surface area (Å²) in [5.41, 5.74) is 2.49. The van der Waals surface area contributed by atoms with Gasteiger partial charge >= 0.3 is 0 Å². The molecule has 0 fully saturated rings. The summed E-state index contributed by atoms with van der Waals surface area (Å²) >= 11 is 0. The maximum absolute atomic E-state index is 13.0. The highest BCUT2D eigenvalue weighted by Gasteiger charge is 2.30.